The summed E-state index contributed by atoms with van der Waals surface area (Å²) < 4.78 is 21.2. The highest BCUT2D eigenvalue weighted by Crippen LogP contribution is 2.44. The highest BCUT2D eigenvalue weighted by atomic mass is 19.1. The number of para-hydroxylation sites is 1. The molecule has 0 aliphatic rings. The lowest BCUT2D eigenvalue weighted by Gasteiger charge is -2.14. The summed E-state index contributed by atoms with van der Waals surface area (Å²) in [4.78, 5) is 4.20. The number of hydrogen-bond donors (Lipinski definition) is 1. The molecule has 5 nitrogen and oxygen atoms in total. The predicted octanol–water partition coefficient (Wildman–Crippen LogP) is 4.34. The van der Waals surface area contributed by atoms with E-state index in [-0.39, 0.29) is 6.73 Å². The van der Waals surface area contributed by atoms with Gasteiger partial charge in [0.05, 0.1) is 30.6 Å². The van der Waals surface area contributed by atoms with Crippen molar-refractivity contribution < 1.29 is 14.2 Å². The maximum Gasteiger partial charge on any atom is 0.143 e. The second kappa shape index (κ2) is 7.14. The van der Waals surface area contributed by atoms with Crippen LogP contribution in [0.25, 0.3) is 33.4 Å². The number of pyridine rings is 1. The zero-order valence-electron chi connectivity index (χ0n) is 15.1. The molecule has 4 rings (SSSR count). The second-order valence-corrected chi connectivity index (χ2v) is 6.18. The smallest absolute Gasteiger partial charge is 0.143 e. The Balaban J connectivity index is 2.22. The van der Waals surface area contributed by atoms with Crippen molar-refractivity contribution in [3.8, 4) is 34.2 Å². The molecule has 6 heteroatoms. The third-order valence-corrected chi connectivity index (χ3v) is 4.69. The molecule has 1 N–H and O–H groups in total. The Morgan fingerprint density at radius 1 is 1.14 bits per heavy atom. The number of methoxy groups -OCH3 is 1. The number of aliphatic hydroxyl groups excluding tert-OH is 1. The SMILES string of the molecule is COc1ccccc1-c1c(-c2ccccc2C#N)c2cc(F)cnc2n1CO. The molecular weight excluding hydrogens is 357 g/mol. The van der Waals surface area contributed by atoms with Crippen LogP contribution in [0.2, 0.25) is 0 Å². The molecule has 0 aliphatic carbocycles. The fraction of sp³-hybridized carbons (Fsp3) is 0.0909. The summed E-state index contributed by atoms with van der Waals surface area (Å²) in [5, 5.41) is 20.2. The number of aromatic nitrogens is 2. The van der Waals surface area contributed by atoms with Crippen molar-refractivity contribution in [2.24, 2.45) is 0 Å². The number of fused-ring (bicyclic) bond motifs is 1. The Bertz CT molecular complexity index is 1220. The Hall–Kier alpha value is -3.69. The van der Waals surface area contributed by atoms with E-state index in [4.69, 9.17) is 4.74 Å². The van der Waals surface area contributed by atoms with Crippen molar-refractivity contribution in [3.05, 3.63) is 72.2 Å². The summed E-state index contributed by atoms with van der Waals surface area (Å²) in [6.45, 7) is -0.364. The standard InChI is InChI=1S/C22H16FN3O2/c1-28-19-9-5-4-8-17(19)21-20(16-7-3-2-6-14(16)11-24)18-10-15(23)12-25-22(18)26(21)13-27/h2-10,12,27H,13H2,1H3. The predicted molar refractivity (Wildman–Crippen MR) is 104 cm³/mol. The van der Waals surface area contributed by atoms with E-state index in [1.165, 1.54) is 6.07 Å². The number of nitriles is 1. The Labute approximate surface area is 160 Å². The molecule has 28 heavy (non-hydrogen) atoms. The van der Waals surface area contributed by atoms with Gasteiger partial charge in [-0.3, -0.25) is 0 Å². The van der Waals surface area contributed by atoms with Crippen molar-refractivity contribution in [1.29, 1.82) is 5.26 Å². The van der Waals surface area contributed by atoms with Gasteiger partial charge in [0, 0.05) is 22.1 Å². The van der Waals surface area contributed by atoms with Gasteiger partial charge in [-0.25, -0.2) is 9.37 Å². The third kappa shape index (κ3) is 2.70. The topological polar surface area (TPSA) is 71.1 Å². The molecule has 0 saturated carbocycles. The number of hydrogen-bond acceptors (Lipinski definition) is 4. The molecule has 2 heterocycles. The first-order chi connectivity index (χ1) is 13.7. The van der Waals surface area contributed by atoms with E-state index in [2.05, 4.69) is 11.1 Å². The largest absolute Gasteiger partial charge is 0.496 e. The lowest BCUT2D eigenvalue weighted by atomic mass is 9.95. The van der Waals surface area contributed by atoms with Gasteiger partial charge in [-0.05, 0) is 24.3 Å². The average Bonchev–Trinajstić information content (AvgIpc) is 3.06. The number of halogens is 1. The minimum absolute atomic E-state index is 0.364. The molecule has 0 atom stereocenters. The first-order valence-electron chi connectivity index (χ1n) is 8.61. The summed E-state index contributed by atoms with van der Waals surface area (Å²) in [6.07, 6.45) is 1.11. The van der Waals surface area contributed by atoms with Crippen LogP contribution in [0.1, 0.15) is 5.56 Å². The van der Waals surface area contributed by atoms with Gasteiger partial charge in [0.15, 0.2) is 0 Å². The summed E-state index contributed by atoms with van der Waals surface area (Å²) in [5.41, 5.74) is 3.44. The lowest BCUT2D eigenvalue weighted by Crippen LogP contribution is -2.02. The monoisotopic (exact) mass is 373 g/mol. The highest BCUT2D eigenvalue weighted by Gasteiger charge is 2.24. The molecule has 0 bridgehead atoms. The van der Waals surface area contributed by atoms with Crippen molar-refractivity contribution in [2.45, 2.75) is 6.73 Å². The van der Waals surface area contributed by atoms with E-state index in [1.54, 1.807) is 29.9 Å². The average molecular weight is 373 g/mol. The fourth-order valence-electron chi connectivity index (χ4n) is 3.53. The normalized spacial score (nSPS) is 10.8. The maximum absolute atomic E-state index is 14.1. The van der Waals surface area contributed by atoms with Gasteiger partial charge in [0.2, 0.25) is 0 Å². The van der Waals surface area contributed by atoms with Crippen LogP contribution in [0.15, 0.2) is 60.8 Å². The van der Waals surface area contributed by atoms with Gasteiger partial charge in [-0.2, -0.15) is 5.26 Å². The van der Waals surface area contributed by atoms with Crippen molar-refractivity contribution in [3.63, 3.8) is 0 Å². The minimum Gasteiger partial charge on any atom is -0.496 e. The van der Waals surface area contributed by atoms with E-state index in [9.17, 15) is 14.8 Å². The van der Waals surface area contributed by atoms with Crippen LogP contribution in [0.4, 0.5) is 4.39 Å². The summed E-state index contributed by atoms with van der Waals surface area (Å²) >= 11 is 0. The van der Waals surface area contributed by atoms with Gasteiger partial charge >= 0.3 is 0 Å². The van der Waals surface area contributed by atoms with Crippen LogP contribution >= 0.6 is 0 Å². The van der Waals surface area contributed by atoms with Crippen LogP contribution in [0.5, 0.6) is 5.75 Å². The van der Waals surface area contributed by atoms with Gasteiger partial charge in [-0.15, -0.1) is 0 Å². The van der Waals surface area contributed by atoms with E-state index in [0.29, 0.717) is 44.7 Å². The molecule has 4 aromatic rings. The van der Waals surface area contributed by atoms with Gasteiger partial charge in [0.25, 0.3) is 0 Å². The van der Waals surface area contributed by atoms with Crippen LogP contribution in [-0.2, 0) is 6.73 Å². The fourth-order valence-corrected chi connectivity index (χ4v) is 3.53. The molecule has 0 amide bonds. The number of aliphatic hydroxyl groups is 1. The van der Waals surface area contributed by atoms with Crippen LogP contribution in [0.3, 0.4) is 0 Å². The van der Waals surface area contributed by atoms with Crippen molar-refractivity contribution in [2.75, 3.05) is 7.11 Å². The first-order valence-corrected chi connectivity index (χ1v) is 8.61. The maximum atomic E-state index is 14.1. The van der Waals surface area contributed by atoms with Crippen molar-refractivity contribution in [1.82, 2.24) is 9.55 Å². The molecule has 2 aromatic heterocycles. The van der Waals surface area contributed by atoms with Gasteiger partial charge in [-0.1, -0.05) is 30.3 Å². The minimum atomic E-state index is -0.496. The molecule has 0 unspecified atom stereocenters. The molecule has 0 aliphatic heterocycles. The number of nitrogens with zero attached hydrogens (tertiary/aromatic N) is 3. The molecule has 0 saturated heterocycles. The van der Waals surface area contributed by atoms with E-state index >= 15 is 0 Å². The quantitative estimate of drug-likeness (QED) is 0.578. The van der Waals surface area contributed by atoms with E-state index in [1.807, 2.05) is 30.3 Å². The van der Waals surface area contributed by atoms with Crippen molar-refractivity contribution >= 4 is 11.0 Å². The third-order valence-electron chi connectivity index (χ3n) is 4.69. The Kier molecular flexibility index (Phi) is 4.52. The van der Waals surface area contributed by atoms with Gasteiger partial charge in [0.1, 0.15) is 23.9 Å². The summed E-state index contributed by atoms with van der Waals surface area (Å²) in [5.74, 6) is 0.0982. The Morgan fingerprint density at radius 3 is 2.57 bits per heavy atom. The van der Waals surface area contributed by atoms with Crippen LogP contribution < -0.4 is 4.74 Å². The Morgan fingerprint density at radius 2 is 1.86 bits per heavy atom. The summed E-state index contributed by atoms with van der Waals surface area (Å²) in [6, 6.07) is 18.0. The second-order valence-electron chi connectivity index (χ2n) is 6.18. The number of rotatable bonds is 4. The molecule has 0 fully saturated rings. The molecule has 2 aromatic carbocycles. The van der Waals surface area contributed by atoms with E-state index in [0.717, 1.165) is 6.20 Å². The number of ether oxygens (including phenoxy) is 1. The lowest BCUT2D eigenvalue weighted by molar-refractivity contribution is 0.216. The van der Waals surface area contributed by atoms with E-state index < -0.39 is 5.82 Å². The molecular formula is C22H16FN3O2. The summed E-state index contributed by atoms with van der Waals surface area (Å²) in [7, 11) is 1.56. The van der Waals surface area contributed by atoms with Gasteiger partial charge < -0.3 is 14.4 Å². The zero-order chi connectivity index (χ0) is 19.7. The highest BCUT2D eigenvalue weighted by molar-refractivity contribution is 6.05. The molecule has 0 spiro atoms. The van der Waals surface area contributed by atoms with Crippen LogP contribution in [0, 0.1) is 17.1 Å². The molecule has 0 radical (unpaired) electrons. The molecule has 138 valence electrons. The zero-order valence-corrected chi connectivity index (χ0v) is 15.1. The number of benzene rings is 2. The first kappa shape index (κ1) is 17.7. The van der Waals surface area contributed by atoms with Crippen LogP contribution in [-0.4, -0.2) is 21.8 Å².